The van der Waals surface area contributed by atoms with Crippen LogP contribution in [0.3, 0.4) is 0 Å². The maximum Gasteiger partial charge on any atom is 0.0547 e. The molecule has 1 aromatic heterocycles. The summed E-state index contributed by atoms with van der Waals surface area (Å²) in [6, 6.07) is 83.0. The molecule has 0 spiro atoms. The Bertz CT molecular complexity index is 2910. The van der Waals surface area contributed by atoms with E-state index < -0.39 is 0 Å². The summed E-state index contributed by atoms with van der Waals surface area (Å²) in [5.74, 6) is 0. The lowest BCUT2D eigenvalue weighted by atomic mass is 9.98. The molecule has 0 aliphatic carbocycles. The Kier molecular flexibility index (Phi) is 8.55. The van der Waals surface area contributed by atoms with E-state index in [1.165, 1.54) is 66.3 Å². The molecule has 0 radical (unpaired) electrons. The molecule has 0 saturated heterocycles. The van der Waals surface area contributed by atoms with Crippen molar-refractivity contribution in [3.8, 4) is 50.2 Å². The molecule has 0 atom stereocenters. The first-order valence-corrected chi connectivity index (χ1v) is 19.2. The maximum absolute atomic E-state index is 2.40. The van der Waals surface area contributed by atoms with Crippen molar-refractivity contribution in [3.05, 3.63) is 231 Å². The van der Waals surface area contributed by atoms with Gasteiger partial charge in [-0.1, -0.05) is 164 Å². The minimum absolute atomic E-state index is 1.09. The summed E-state index contributed by atoms with van der Waals surface area (Å²) >= 11 is 0. The molecule has 0 aliphatic heterocycles. The minimum atomic E-state index is 1.09. The van der Waals surface area contributed by atoms with Crippen LogP contribution in [0, 0.1) is 0 Å². The van der Waals surface area contributed by atoms with Gasteiger partial charge >= 0.3 is 0 Å². The third-order valence-corrected chi connectivity index (χ3v) is 10.8. The Balaban J connectivity index is 1.14. The molecule has 2 nitrogen and oxygen atoms in total. The second-order valence-electron chi connectivity index (χ2n) is 14.2. The van der Waals surface area contributed by atoms with Crippen LogP contribution in [0.5, 0.6) is 0 Å². The van der Waals surface area contributed by atoms with Crippen molar-refractivity contribution in [1.82, 2.24) is 4.57 Å². The van der Waals surface area contributed by atoms with Crippen molar-refractivity contribution in [2.24, 2.45) is 0 Å². The Morgan fingerprint density at radius 3 is 1.32 bits per heavy atom. The first-order chi connectivity index (χ1) is 27.8. The minimum Gasteiger partial charge on any atom is -0.310 e. The molecule has 2 heteroatoms. The largest absolute Gasteiger partial charge is 0.310 e. The number of hydrogen-bond acceptors (Lipinski definition) is 1. The van der Waals surface area contributed by atoms with E-state index in [0.29, 0.717) is 0 Å². The molecule has 56 heavy (non-hydrogen) atoms. The number of nitrogens with zero attached hydrogens (tertiary/aromatic N) is 2. The first kappa shape index (κ1) is 33.2. The van der Waals surface area contributed by atoms with Crippen molar-refractivity contribution in [1.29, 1.82) is 0 Å². The Morgan fingerprint density at radius 2 is 0.732 bits per heavy atom. The SMILES string of the molecule is c1ccc(-c2ccc(N(c3ccc(-c4cccc(-c5ccccc5)c4)cc3)c3ccc4c(c3)c3c(-c5ccccc5)cccc3n4-c3ccccc3)cc2)cc1. The number of para-hydroxylation sites is 1. The normalized spacial score (nSPS) is 11.2. The van der Waals surface area contributed by atoms with E-state index in [0.717, 1.165) is 22.7 Å². The van der Waals surface area contributed by atoms with Gasteiger partial charge in [0.1, 0.15) is 0 Å². The molecule has 264 valence electrons. The Morgan fingerprint density at radius 1 is 0.286 bits per heavy atom. The third kappa shape index (κ3) is 6.14. The van der Waals surface area contributed by atoms with Gasteiger partial charge in [-0.05, 0) is 111 Å². The van der Waals surface area contributed by atoms with E-state index in [-0.39, 0.29) is 0 Å². The Labute approximate surface area is 327 Å². The van der Waals surface area contributed by atoms with Gasteiger partial charge in [0.25, 0.3) is 0 Å². The number of anilines is 3. The van der Waals surface area contributed by atoms with Crippen molar-refractivity contribution in [2.45, 2.75) is 0 Å². The van der Waals surface area contributed by atoms with Crippen LogP contribution >= 0.6 is 0 Å². The van der Waals surface area contributed by atoms with Gasteiger partial charge in [0.2, 0.25) is 0 Å². The summed E-state index contributed by atoms with van der Waals surface area (Å²) in [7, 11) is 0. The number of hydrogen-bond donors (Lipinski definition) is 0. The first-order valence-electron chi connectivity index (χ1n) is 19.2. The van der Waals surface area contributed by atoms with Crippen LogP contribution in [0.15, 0.2) is 231 Å². The van der Waals surface area contributed by atoms with Gasteiger partial charge in [-0.3, -0.25) is 0 Å². The average Bonchev–Trinajstić information content (AvgIpc) is 3.62. The molecule has 0 aliphatic rings. The lowest BCUT2D eigenvalue weighted by Crippen LogP contribution is -2.10. The molecule has 0 unspecified atom stereocenters. The average molecular weight is 715 g/mol. The second kappa shape index (κ2) is 14.4. The fraction of sp³-hybridized carbons (Fsp3) is 0. The highest BCUT2D eigenvalue weighted by molar-refractivity contribution is 6.16. The molecule has 0 fully saturated rings. The Hall–Kier alpha value is -7.42. The van der Waals surface area contributed by atoms with Crippen LogP contribution in [0.4, 0.5) is 17.1 Å². The zero-order valence-corrected chi connectivity index (χ0v) is 30.8. The van der Waals surface area contributed by atoms with Gasteiger partial charge in [-0.15, -0.1) is 0 Å². The molecule has 10 aromatic rings. The van der Waals surface area contributed by atoms with E-state index in [1.807, 2.05) is 0 Å². The van der Waals surface area contributed by atoms with Crippen LogP contribution < -0.4 is 4.90 Å². The molecular weight excluding hydrogens is 677 g/mol. The van der Waals surface area contributed by atoms with Crippen LogP contribution in [0.2, 0.25) is 0 Å². The topological polar surface area (TPSA) is 8.17 Å². The van der Waals surface area contributed by atoms with Gasteiger partial charge in [0.15, 0.2) is 0 Å². The van der Waals surface area contributed by atoms with Crippen LogP contribution in [0.1, 0.15) is 0 Å². The summed E-state index contributed by atoms with van der Waals surface area (Å²) in [6.45, 7) is 0. The molecule has 0 amide bonds. The summed E-state index contributed by atoms with van der Waals surface area (Å²) < 4.78 is 2.40. The maximum atomic E-state index is 2.40. The number of rotatable bonds is 8. The van der Waals surface area contributed by atoms with Crippen LogP contribution in [-0.2, 0) is 0 Å². The van der Waals surface area contributed by atoms with Gasteiger partial charge in [0.05, 0.1) is 11.0 Å². The molecule has 0 N–H and O–H groups in total. The van der Waals surface area contributed by atoms with E-state index in [2.05, 4.69) is 240 Å². The van der Waals surface area contributed by atoms with Gasteiger partial charge in [-0.25, -0.2) is 0 Å². The monoisotopic (exact) mass is 714 g/mol. The van der Waals surface area contributed by atoms with Crippen LogP contribution in [-0.4, -0.2) is 4.57 Å². The molecule has 9 aromatic carbocycles. The highest BCUT2D eigenvalue weighted by atomic mass is 15.1. The second-order valence-corrected chi connectivity index (χ2v) is 14.2. The standard InChI is InChI=1S/C54H38N2/c1-5-15-39(16-6-1)41-27-31-47(32-28-41)55(48-33-29-42(30-34-48)45-22-13-21-44(37-45)40-17-7-2-8-18-40)49-35-36-52-51(38-49)54-50(43-19-9-3-10-20-43)25-14-26-53(54)56(52)46-23-11-4-12-24-46/h1-38H. The van der Waals surface area contributed by atoms with Crippen molar-refractivity contribution >= 4 is 38.9 Å². The summed E-state index contributed by atoms with van der Waals surface area (Å²) in [6.07, 6.45) is 0. The smallest absolute Gasteiger partial charge is 0.0547 e. The number of aromatic nitrogens is 1. The molecular formula is C54H38N2. The van der Waals surface area contributed by atoms with Gasteiger partial charge in [0, 0.05) is 33.5 Å². The fourth-order valence-corrected chi connectivity index (χ4v) is 8.10. The summed E-state index contributed by atoms with van der Waals surface area (Å²) in [4.78, 5) is 2.38. The van der Waals surface area contributed by atoms with E-state index in [1.54, 1.807) is 0 Å². The zero-order chi connectivity index (χ0) is 37.3. The molecule has 1 heterocycles. The van der Waals surface area contributed by atoms with Gasteiger partial charge in [-0.2, -0.15) is 0 Å². The lowest BCUT2D eigenvalue weighted by molar-refractivity contribution is 1.18. The number of fused-ring (bicyclic) bond motifs is 3. The summed E-state index contributed by atoms with van der Waals surface area (Å²) in [5, 5.41) is 2.45. The van der Waals surface area contributed by atoms with E-state index >= 15 is 0 Å². The third-order valence-electron chi connectivity index (χ3n) is 10.8. The fourth-order valence-electron chi connectivity index (χ4n) is 8.10. The molecule has 0 saturated carbocycles. The molecule has 10 rings (SSSR count). The van der Waals surface area contributed by atoms with Crippen LogP contribution in [0.25, 0.3) is 72.0 Å². The number of benzene rings is 9. The van der Waals surface area contributed by atoms with E-state index in [4.69, 9.17) is 0 Å². The lowest BCUT2D eigenvalue weighted by Gasteiger charge is -2.26. The quantitative estimate of drug-likeness (QED) is 0.152. The zero-order valence-electron chi connectivity index (χ0n) is 30.8. The van der Waals surface area contributed by atoms with E-state index in [9.17, 15) is 0 Å². The highest BCUT2D eigenvalue weighted by Gasteiger charge is 2.20. The van der Waals surface area contributed by atoms with Gasteiger partial charge < -0.3 is 9.47 Å². The predicted molar refractivity (Wildman–Crippen MR) is 237 cm³/mol. The predicted octanol–water partition coefficient (Wildman–Crippen LogP) is 14.9. The van der Waals surface area contributed by atoms with Crippen molar-refractivity contribution in [3.63, 3.8) is 0 Å². The van der Waals surface area contributed by atoms with Crippen molar-refractivity contribution < 1.29 is 0 Å². The molecule has 0 bridgehead atoms. The highest BCUT2D eigenvalue weighted by Crippen LogP contribution is 2.43. The van der Waals surface area contributed by atoms with Crippen molar-refractivity contribution in [2.75, 3.05) is 4.90 Å². The summed E-state index contributed by atoms with van der Waals surface area (Å²) in [5.41, 5.74) is 16.4.